The van der Waals surface area contributed by atoms with Crippen molar-refractivity contribution in [3.8, 4) is 0 Å². The second-order valence-corrected chi connectivity index (χ2v) is 5.06. The molecule has 0 atom stereocenters. The number of amides is 1. The molecule has 0 bridgehead atoms. The highest BCUT2D eigenvalue weighted by atomic mass is 35.5. The molecule has 2 rings (SSSR count). The Bertz CT molecular complexity index is 350. The maximum absolute atomic E-state index is 11.9. The normalized spacial score (nSPS) is 18.2. The first kappa shape index (κ1) is 14.4. The molecule has 2 heterocycles. The number of halogens is 1. The van der Waals surface area contributed by atoms with Crippen LogP contribution in [0.25, 0.3) is 0 Å². The van der Waals surface area contributed by atoms with Crippen LogP contribution in [0.2, 0.25) is 0 Å². The lowest BCUT2D eigenvalue weighted by Crippen LogP contribution is -2.56. The van der Waals surface area contributed by atoms with Crippen molar-refractivity contribution in [1.29, 1.82) is 0 Å². The molecular weight excluding hydrogens is 260 g/mol. The number of carbonyl (C=O) groups is 1. The molecule has 4 nitrogen and oxygen atoms in total. The van der Waals surface area contributed by atoms with Crippen molar-refractivity contribution >= 4 is 29.7 Å². The van der Waals surface area contributed by atoms with Crippen LogP contribution < -0.4 is 11.1 Å². The first-order valence-corrected chi connectivity index (χ1v) is 6.26. The van der Waals surface area contributed by atoms with Crippen LogP contribution >= 0.6 is 23.7 Å². The molecule has 0 saturated carbocycles. The van der Waals surface area contributed by atoms with Crippen LogP contribution in [-0.4, -0.2) is 24.7 Å². The van der Waals surface area contributed by atoms with Gasteiger partial charge in [0.1, 0.15) is 0 Å². The Balaban J connectivity index is 0.00000144. The molecule has 0 aliphatic carbocycles. The summed E-state index contributed by atoms with van der Waals surface area (Å²) in [5.41, 5.74) is 5.31. The second kappa shape index (κ2) is 6.35. The fourth-order valence-corrected chi connectivity index (χ4v) is 2.36. The lowest BCUT2D eigenvalue weighted by molar-refractivity contribution is -0.129. The predicted octanol–water partition coefficient (Wildman–Crippen LogP) is 1.29. The summed E-state index contributed by atoms with van der Waals surface area (Å²) in [6, 6.07) is 3.97. The molecule has 96 valence electrons. The third kappa shape index (κ3) is 3.67. The van der Waals surface area contributed by atoms with Gasteiger partial charge in [-0.1, -0.05) is 6.07 Å². The fraction of sp³-hybridized carbons (Fsp3) is 0.545. The topological polar surface area (TPSA) is 64.4 Å². The quantitative estimate of drug-likeness (QED) is 0.875. The van der Waals surface area contributed by atoms with Gasteiger partial charge in [0, 0.05) is 18.1 Å². The van der Waals surface area contributed by atoms with Crippen molar-refractivity contribution < 1.29 is 9.53 Å². The first-order chi connectivity index (χ1) is 7.71. The van der Waals surface area contributed by atoms with Crippen LogP contribution in [0.4, 0.5) is 0 Å². The Labute approximate surface area is 111 Å². The molecular formula is C11H17ClN2O2S. The van der Waals surface area contributed by atoms with Gasteiger partial charge in [-0.15, -0.1) is 23.7 Å². The average molecular weight is 277 g/mol. The minimum atomic E-state index is -0.741. The highest BCUT2D eigenvalue weighted by Gasteiger charge is 2.35. The molecule has 1 aromatic rings. The molecule has 1 aliphatic heterocycles. The molecule has 1 saturated heterocycles. The summed E-state index contributed by atoms with van der Waals surface area (Å²) >= 11 is 1.63. The molecule has 1 aromatic heterocycles. The number of thiophene rings is 1. The minimum absolute atomic E-state index is 0. The molecule has 3 N–H and O–H groups in total. The Morgan fingerprint density at radius 3 is 2.82 bits per heavy atom. The van der Waals surface area contributed by atoms with Crippen molar-refractivity contribution in [3.63, 3.8) is 0 Å². The van der Waals surface area contributed by atoms with E-state index in [9.17, 15) is 4.79 Å². The number of hydrogen-bond donors (Lipinski definition) is 2. The summed E-state index contributed by atoms with van der Waals surface area (Å²) in [4.78, 5) is 13.1. The van der Waals surface area contributed by atoms with Crippen molar-refractivity contribution in [2.24, 2.45) is 5.73 Å². The van der Waals surface area contributed by atoms with E-state index in [-0.39, 0.29) is 18.3 Å². The predicted molar refractivity (Wildman–Crippen MR) is 70.4 cm³/mol. The van der Waals surface area contributed by atoms with Gasteiger partial charge in [0.15, 0.2) is 0 Å². The van der Waals surface area contributed by atoms with E-state index in [1.54, 1.807) is 11.3 Å². The zero-order chi connectivity index (χ0) is 11.4. The molecule has 6 heteroatoms. The minimum Gasteiger partial charge on any atom is -0.381 e. The monoisotopic (exact) mass is 276 g/mol. The van der Waals surface area contributed by atoms with E-state index in [4.69, 9.17) is 10.5 Å². The van der Waals surface area contributed by atoms with Crippen molar-refractivity contribution in [2.75, 3.05) is 13.2 Å². The molecule has 1 aliphatic rings. The molecule has 0 radical (unpaired) electrons. The zero-order valence-electron chi connectivity index (χ0n) is 9.48. The number of ether oxygens (including phenoxy) is 1. The lowest BCUT2D eigenvalue weighted by Gasteiger charge is -2.31. The third-order valence-corrected chi connectivity index (χ3v) is 3.72. The summed E-state index contributed by atoms with van der Waals surface area (Å²) in [5, 5.41) is 4.88. The van der Waals surface area contributed by atoms with Gasteiger partial charge in [0.2, 0.25) is 5.91 Å². The molecule has 0 aromatic carbocycles. The molecule has 0 spiro atoms. The zero-order valence-corrected chi connectivity index (χ0v) is 11.1. The standard InChI is InChI=1S/C11H16N2O2S.ClH/c12-11(3-5-15-6-4-11)10(14)13-8-9-2-1-7-16-9;/h1-2,7H,3-6,8,12H2,(H,13,14);1H. The highest BCUT2D eigenvalue weighted by molar-refractivity contribution is 7.09. The lowest BCUT2D eigenvalue weighted by atomic mass is 9.90. The van der Waals surface area contributed by atoms with E-state index in [1.165, 1.54) is 0 Å². The molecule has 0 unspecified atom stereocenters. The van der Waals surface area contributed by atoms with Crippen LogP contribution in [0, 0.1) is 0 Å². The van der Waals surface area contributed by atoms with Gasteiger partial charge in [0.05, 0.1) is 12.1 Å². The van der Waals surface area contributed by atoms with E-state index in [1.807, 2.05) is 17.5 Å². The van der Waals surface area contributed by atoms with Crippen molar-refractivity contribution in [3.05, 3.63) is 22.4 Å². The second-order valence-electron chi connectivity index (χ2n) is 4.03. The summed E-state index contributed by atoms with van der Waals surface area (Å²) in [6.07, 6.45) is 1.20. The van der Waals surface area contributed by atoms with E-state index < -0.39 is 5.54 Å². The van der Waals surface area contributed by atoms with Crippen LogP contribution in [0.3, 0.4) is 0 Å². The number of nitrogens with two attached hydrogens (primary N) is 1. The molecule has 17 heavy (non-hydrogen) atoms. The van der Waals surface area contributed by atoms with E-state index in [0.29, 0.717) is 32.6 Å². The summed E-state index contributed by atoms with van der Waals surface area (Å²) in [6.45, 7) is 1.71. The molecule has 1 fully saturated rings. The van der Waals surface area contributed by atoms with Gasteiger partial charge in [0.25, 0.3) is 0 Å². The van der Waals surface area contributed by atoms with Crippen LogP contribution in [0.5, 0.6) is 0 Å². The summed E-state index contributed by atoms with van der Waals surface area (Å²) in [5.74, 6) is -0.0656. The van der Waals surface area contributed by atoms with Gasteiger partial charge >= 0.3 is 0 Å². The number of carbonyl (C=O) groups excluding carboxylic acids is 1. The van der Waals surface area contributed by atoms with Crippen LogP contribution in [-0.2, 0) is 16.1 Å². The largest absolute Gasteiger partial charge is 0.381 e. The number of nitrogens with one attached hydrogen (secondary N) is 1. The van der Waals surface area contributed by atoms with Gasteiger partial charge in [-0.25, -0.2) is 0 Å². The van der Waals surface area contributed by atoms with E-state index in [0.717, 1.165) is 4.88 Å². The summed E-state index contributed by atoms with van der Waals surface area (Å²) < 4.78 is 5.21. The number of rotatable bonds is 3. The fourth-order valence-electron chi connectivity index (χ4n) is 1.72. The van der Waals surface area contributed by atoms with Gasteiger partial charge in [-0.2, -0.15) is 0 Å². The third-order valence-electron chi connectivity index (χ3n) is 2.84. The Hall–Kier alpha value is -0.620. The Kier molecular flexibility index (Phi) is 5.39. The van der Waals surface area contributed by atoms with E-state index in [2.05, 4.69) is 5.32 Å². The first-order valence-electron chi connectivity index (χ1n) is 5.38. The van der Waals surface area contributed by atoms with E-state index >= 15 is 0 Å². The Morgan fingerprint density at radius 2 is 2.24 bits per heavy atom. The van der Waals surface area contributed by atoms with Gasteiger partial charge in [-0.3, -0.25) is 4.79 Å². The summed E-state index contributed by atoms with van der Waals surface area (Å²) in [7, 11) is 0. The smallest absolute Gasteiger partial charge is 0.240 e. The van der Waals surface area contributed by atoms with Gasteiger partial charge in [-0.05, 0) is 24.3 Å². The SMILES string of the molecule is Cl.NC1(C(=O)NCc2cccs2)CCOCC1. The average Bonchev–Trinajstić information content (AvgIpc) is 2.79. The highest BCUT2D eigenvalue weighted by Crippen LogP contribution is 2.18. The van der Waals surface area contributed by atoms with Gasteiger partial charge < -0.3 is 15.8 Å². The van der Waals surface area contributed by atoms with Crippen molar-refractivity contribution in [1.82, 2.24) is 5.32 Å². The number of hydrogen-bond acceptors (Lipinski definition) is 4. The Morgan fingerprint density at radius 1 is 1.53 bits per heavy atom. The van der Waals surface area contributed by atoms with Crippen molar-refractivity contribution in [2.45, 2.75) is 24.9 Å². The maximum atomic E-state index is 11.9. The van der Waals surface area contributed by atoms with Crippen LogP contribution in [0.15, 0.2) is 17.5 Å². The maximum Gasteiger partial charge on any atom is 0.240 e. The van der Waals surface area contributed by atoms with Crippen LogP contribution in [0.1, 0.15) is 17.7 Å². The molecule has 1 amide bonds.